The molecule has 0 aliphatic carbocycles. The largest absolute Gasteiger partial charge is 0.493 e. The highest BCUT2D eigenvalue weighted by molar-refractivity contribution is 9.10. The van der Waals surface area contributed by atoms with E-state index in [0.29, 0.717) is 34.7 Å². The fourth-order valence-corrected chi connectivity index (χ4v) is 3.65. The van der Waals surface area contributed by atoms with Crippen LogP contribution < -0.4 is 14.8 Å². The molecule has 6 heteroatoms. The molecule has 146 valence electrons. The predicted octanol–water partition coefficient (Wildman–Crippen LogP) is 7.26. The number of hydrogen-bond acceptors (Lipinski definition) is 3. The van der Waals surface area contributed by atoms with Crippen molar-refractivity contribution in [2.75, 3.05) is 12.4 Å². The van der Waals surface area contributed by atoms with Crippen molar-refractivity contribution in [3.05, 3.63) is 85.8 Å². The van der Waals surface area contributed by atoms with Crippen LogP contribution in [0.25, 0.3) is 0 Å². The summed E-state index contributed by atoms with van der Waals surface area (Å²) >= 11 is 15.9. The molecule has 3 nitrogen and oxygen atoms in total. The number of aryl methyl sites for hydroxylation is 1. The third-order valence-corrected chi connectivity index (χ3v) is 5.57. The topological polar surface area (TPSA) is 30.5 Å². The van der Waals surface area contributed by atoms with Gasteiger partial charge in [-0.05, 0) is 42.8 Å². The highest BCUT2D eigenvalue weighted by atomic mass is 79.9. The number of halogens is 3. The molecule has 0 atom stereocenters. The van der Waals surface area contributed by atoms with Crippen molar-refractivity contribution in [2.45, 2.75) is 20.1 Å². The lowest BCUT2D eigenvalue weighted by Gasteiger charge is -2.18. The van der Waals surface area contributed by atoms with Crippen LogP contribution in [0.15, 0.2) is 59.1 Å². The van der Waals surface area contributed by atoms with Gasteiger partial charge in [0.25, 0.3) is 0 Å². The van der Waals surface area contributed by atoms with Crippen molar-refractivity contribution < 1.29 is 9.47 Å². The third kappa shape index (κ3) is 5.13. The van der Waals surface area contributed by atoms with Gasteiger partial charge in [-0.3, -0.25) is 0 Å². The molecule has 3 aromatic rings. The first-order valence-electron chi connectivity index (χ1n) is 8.70. The molecule has 1 N–H and O–H groups in total. The summed E-state index contributed by atoms with van der Waals surface area (Å²) in [6, 6.07) is 17.4. The minimum atomic E-state index is 0.446. The van der Waals surface area contributed by atoms with Crippen LogP contribution in [0.3, 0.4) is 0 Å². The quantitative estimate of drug-likeness (QED) is 0.385. The summed E-state index contributed by atoms with van der Waals surface area (Å²) in [7, 11) is 1.63. The van der Waals surface area contributed by atoms with Gasteiger partial charge in [0.2, 0.25) is 0 Å². The fourth-order valence-electron chi connectivity index (χ4n) is 2.72. The van der Waals surface area contributed by atoms with Gasteiger partial charge in [-0.2, -0.15) is 0 Å². The minimum Gasteiger partial charge on any atom is -0.493 e. The Morgan fingerprint density at radius 2 is 1.75 bits per heavy atom. The van der Waals surface area contributed by atoms with Crippen molar-refractivity contribution in [1.82, 2.24) is 0 Å². The lowest BCUT2D eigenvalue weighted by Crippen LogP contribution is -2.06. The Morgan fingerprint density at radius 3 is 2.43 bits per heavy atom. The standard InChI is InChI=1S/C22H20BrCl2NO2/c1-14-3-5-15(6-4-14)13-28-22-17(18(23)8-10-21(22)27-2)12-26-20-9-7-16(24)11-19(20)25/h3-11,26H,12-13H2,1-2H3. The Morgan fingerprint density at radius 1 is 1.00 bits per heavy atom. The molecular formula is C22H20BrCl2NO2. The van der Waals surface area contributed by atoms with Crippen LogP contribution in [0, 0.1) is 6.92 Å². The molecule has 0 saturated heterocycles. The number of hydrogen-bond donors (Lipinski definition) is 1. The van der Waals surface area contributed by atoms with Crippen LogP contribution in [-0.2, 0) is 13.2 Å². The Bertz CT molecular complexity index is 961. The Labute approximate surface area is 183 Å². The summed E-state index contributed by atoms with van der Waals surface area (Å²) < 4.78 is 12.6. The highest BCUT2D eigenvalue weighted by Crippen LogP contribution is 2.38. The zero-order valence-corrected chi connectivity index (χ0v) is 18.7. The number of nitrogens with one attached hydrogen (secondary N) is 1. The molecule has 0 bridgehead atoms. The van der Waals surface area contributed by atoms with Gasteiger partial charge in [0, 0.05) is 21.6 Å². The first-order valence-corrected chi connectivity index (χ1v) is 10.3. The second kappa shape index (κ2) is 9.55. The fraction of sp³-hybridized carbons (Fsp3) is 0.182. The van der Waals surface area contributed by atoms with Crippen molar-refractivity contribution in [3.8, 4) is 11.5 Å². The zero-order valence-electron chi connectivity index (χ0n) is 15.6. The van der Waals surface area contributed by atoms with Gasteiger partial charge in [-0.25, -0.2) is 0 Å². The van der Waals surface area contributed by atoms with Crippen LogP contribution in [0.5, 0.6) is 11.5 Å². The van der Waals surface area contributed by atoms with E-state index in [4.69, 9.17) is 32.7 Å². The maximum atomic E-state index is 6.27. The van der Waals surface area contributed by atoms with E-state index in [2.05, 4.69) is 52.4 Å². The summed E-state index contributed by atoms with van der Waals surface area (Å²) in [6.07, 6.45) is 0. The van der Waals surface area contributed by atoms with Gasteiger partial charge >= 0.3 is 0 Å². The summed E-state index contributed by atoms with van der Waals surface area (Å²) in [5.41, 5.74) is 4.04. The molecule has 0 radical (unpaired) electrons. The lowest BCUT2D eigenvalue weighted by molar-refractivity contribution is 0.281. The SMILES string of the molecule is COc1ccc(Br)c(CNc2ccc(Cl)cc2Cl)c1OCc1ccc(C)cc1. The van der Waals surface area contributed by atoms with Crippen molar-refractivity contribution in [1.29, 1.82) is 0 Å². The second-order valence-corrected chi connectivity index (χ2v) is 8.01. The molecule has 0 aliphatic rings. The molecule has 3 rings (SSSR count). The maximum Gasteiger partial charge on any atom is 0.167 e. The van der Waals surface area contributed by atoms with Crippen LogP contribution in [-0.4, -0.2) is 7.11 Å². The van der Waals surface area contributed by atoms with E-state index in [-0.39, 0.29) is 0 Å². The molecule has 0 aliphatic heterocycles. The molecule has 3 aromatic carbocycles. The Kier molecular flexibility index (Phi) is 7.11. The number of rotatable bonds is 7. The normalized spacial score (nSPS) is 10.6. The first kappa shape index (κ1) is 20.8. The molecule has 0 unspecified atom stereocenters. The minimum absolute atomic E-state index is 0.446. The monoisotopic (exact) mass is 479 g/mol. The zero-order chi connectivity index (χ0) is 20.1. The van der Waals surface area contributed by atoms with E-state index >= 15 is 0 Å². The maximum absolute atomic E-state index is 6.27. The van der Waals surface area contributed by atoms with Crippen molar-refractivity contribution in [2.24, 2.45) is 0 Å². The lowest BCUT2D eigenvalue weighted by atomic mass is 10.1. The second-order valence-electron chi connectivity index (χ2n) is 6.31. The van der Waals surface area contributed by atoms with Gasteiger partial charge in [0.15, 0.2) is 11.5 Å². The van der Waals surface area contributed by atoms with E-state index in [1.54, 1.807) is 19.2 Å². The Balaban J connectivity index is 1.83. The molecule has 0 aromatic heterocycles. The molecule has 0 fully saturated rings. The van der Waals surface area contributed by atoms with E-state index in [0.717, 1.165) is 21.3 Å². The van der Waals surface area contributed by atoms with Crippen LogP contribution in [0.2, 0.25) is 10.0 Å². The van der Waals surface area contributed by atoms with E-state index in [9.17, 15) is 0 Å². The van der Waals surface area contributed by atoms with E-state index < -0.39 is 0 Å². The molecule has 0 spiro atoms. The van der Waals surface area contributed by atoms with Gasteiger partial charge < -0.3 is 14.8 Å². The third-order valence-electron chi connectivity index (χ3n) is 4.28. The Hall–Kier alpha value is -1.88. The molecule has 0 heterocycles. The highest BCUT2D eigenvalue weighted by Gasteiger charge is 2.15. The summed E-state index contributed by atoms with van der Waals surface area (Å²) in [4.78, 5) is 0. The molecule has 0 amide bonds. The van der Waals surface area contributed by atoms with Gasteiger partial charge in [-0.15, -0.1) is 0 Å². The van der Waals surface area contributed by atoms with Crippen molar-refractivity contribution >= 4 is 44.8 Å². The summed E-state index contributed by atoms with van der Waals surface area (Å²) in [6.45, 7) is 3.01. The summed E-state index contributed by atoms with van der Waals surface area (Å²) in [5.74, 6) is 1.37. The molecule has 0 saturated carbocycles. The number of ether oxygens (including phenoxy) is 2. The van der Waals surface area contributed by atoms with Gasteiger partial charge in [0.1, 0.15) is 6.61 Å². The molecular weight excluding hydrogens is 461 g/mol. The average Bonchev–Trinajstić information content (AvgIpc) is 2.68. The average molecular weight is 481 g/mol. The summed E-state index contributed by atoms with van der Waals surface area (Å²) in [5, 5.41) is 4.50. The first-order chi connectivity index (χ1) is 13.5. The van der Waals surface area contributed by atoms with Crippen LogP contribution in [0.1, 0.15) is 16.7 Å². The van der Waals surface area contributed by atoms with Crippen LogP contribution in [0.4, 0.5) is 5.69 Å². The predicted molar refractivity (Wildman–Crippen MR) is 120 cm³/mol. The van der Waals surface area contributed by atoms with Gasteiger partial charge in [0.05, 0.1) is 17.8 Å². The number of benzene rings is 3. The molecule has 28 heavy (non-hydrogen) atoms. The van der Waals surface area contributed by atoms with Crippen molar-refractivity contribution in [3.63, 3.8) is 0 Å². The van der Waals surface area contributed by atoms with Crippen LogP contribution >= 0.6 is 39.1 Å². The number of anilines is 1. The van der Waals surface area contributed by atoms with E-state index in [1.165, 1.54) is 5.56 Å². The number of methoxy groups -OCH3 is 1. The smallest absolute Gasteiger partial charge is 0.167 e. The van der Waals surface area contributed by atoms with Gasteiger partial charge in [-0.1, -0.05) is 69.0 Å². The van der Waals surface area contributed by atoms with E-state index in [1.807, 2.05) is 18.2 Å².